The molecule has 4 nitrogen and oxygen atoms in total. The van der Waals surface area contributed by atoms with Crippen LogP contribution in [0.15, 0.2) is 36.4 Å². The Morgan fingerprint density at radius 3 is 2.72 bits per heavy atom. The van der Waals surface area contributed by atoms with E-state index in [4.69, 9.17) is 16.3 Å². The van der Waals surface area contributed by atoms with Gasteiger partial charge in [0.1, 0.15) is 0 Å². The van der Waals surface area contributed by atoms with Gasteiger partial charge in [0.15, 0.2) is 0 Å². The Kier molecular flexibility index (Phi) is 5.94. The van der Waals surface area contributed by atoms with Crippen LogP contribution >= 0.6 is 11.6 Å². The van der Waals surface area contributed by atoms with Crippen molar-refractivity contribution in [2.45, 2.75) is 13.3 Å². The lowest BCUT2D eigenvalue weighted by Gasteiger charge is -2.03. The molecule has 1 rings (SSSR count). The lowest BCUT2D eigenvalue weighted by Crippen LogP contribution is -2.10. The third kappa shape index (κ3) is 5.01. The average molecular weight is 268 g/mol. The van der Waals surface area contributed by atoms with Crippen molar-refractivity contribution in [1.82, 2.24) is 0 Å². The molecular formula is C13H14ClNO3. The predicted molar refractivity (Wildman–Crippen MR) is 70.5 cm³/mol. The fraction of sp³-hybridized carbons (Fsp3) is 0.231. The van der Waals surface area contributed by atoms with Crippen LogP contribution in [0.25, 0.3) is 0 Å². The van der Waals surface area contributed by atoms with E-state index in [2.05, 4.69) is 5.32 Å². The molecule has 1 N–H and O–H groups in total. The Balaban J connectivity index is 2.49. The molecule has 0 unspecified atom stereocenters. The van der Waals surface area contributed by atoms with Gasteiger partial charge in [-0.2, -0.15) is 0 Å². The third-order valence-corrected chi connectivity index (χ3v) is 2.28. The maximum Gasteiger partial charge on any atom is 0.330 e. The number of esters is 1. The van der Waals surface area contributed by atoms with Gasteiger partial charge in [-0.15, -0.1) is 0 Å². The number of carbonyl (C=O) groups excluding carboxylic acids is 2. The summed E-state index contributed by atoms with van der Waals surface area (Å²) in [6.45, 7) is 2.23. The number of carbonyl (C=O) groups is 2. The largest absolute Gasteiger partial charge is 0.463 e. The normalized spacial score (nSPS) is 10.3. The number of hydrogen-bond donors (Lipinski definition) is 1. The number of hydrogen-bond acceptors (Lipinski definition) is 3. The quantitative estimate of drug-likeness (QED) is 0.659. The zero-order valence-electron chi connectivity index (χ0n) is 9.98. The number of benzene rings is 1. The molecule has 0 radical (unpaired) electrons. The number of para-hydroxylation sites is 1. The highest BCUT2D eigenvalue weighted by atomic mass is 35.5. The fourth-order valence-corrected chi connectivity index (χ4v) is 1.31. The van der Waals surface area contributed by atoms with E-state index in [0.29, 0.717) is 17.3 Å². The smallest absolute Gasteiger partial charge is 0.330 e. The van der Waals surface area contributed by atoms with Crippen LogP contribution in [0.4, 0.5) is 5.69 Å². The molecule has 1 aromatic carbocycles. The van der Waals surface area contributed by atoms with E-state index in [1.165, 1.54) is 0 Å². The van der Waals surface area contributed by atoms with Crippen LogP contribution in [0.3, 0.4) is 0 Å². The van der Waals surface area contributed by atoms with Crippen LogP contribution in [-0.2, 0) is 14.3 Å². The summed E-state index contributed by atoms with van der Waals surface area (Å²) >= 11 is 5.87. The summed E-state index contributed by atoms with van der Waals surface area (Å²) in [6, 6.07) is 6.84. The van der Waals surface area contributed by atoms with E-state index in [9.17, 15) is 9.59 Å². The first kappa shape index (κ1) is 14.3. The molecule has 0 aromatic heterocycles. The van der Waals surface area contributed by atoms with Crippen molar-refractivity contribution < 1.29 is 14.3 Å². The Hall–Kier alpha value is -1.81. The molecule has 0 heterocycles. The van der Waals surface area contributed by atoms with Crippen molar-refractivity contribution in [3.05, 3.63) is 41.4 Å². The first-order valence-corrected chi connectivity index (χ1v) is 5.91. The van der Waals surface area contributed by atoms with Gasteiger partial charge < -0.3 is 10.1 Å². The molecule has 0 saturated carbocycles. The minimum Gasteiger partial charge on any atom is -0.463 e. The van der Waals surface area contributed by atoms with Gasteiger partial charge in [0.05, 0.1) is 17.3 Å². The van der Waals surface area contributed by atoms with Gasteiger partial charge in [0.25, 0.3) is 0 Å². The van der Waals surface area contributed by atoms with Crippen molar-refractivity contribution in [3.8, 4) is 0 Å². The highest BCUT2D eigenvalue weighted by Crippen LogP contribution is 2.20. The second-order valence-corrected chi connectivity index (χ2v) is 3.88. The Morgan fingerprint density at radius 1 is 1.33 bits per heavy atom. The lowest BCUT2D eigenvalue weighted by molar-refractivity contribution is -0.137. The molecule has 0 atom stereocenters. The molecule has 0 bridgehead atoms. The molecule has 0 saturated heterocycles. The van der Waals surface area contributed by atoms with E-state index in [-0.39, 0.29) is 0 Å². The van der Waals surface area contributed by atoms with Gasteiger partial charge in [-0.25, -0.2) is 4.79 Å². The SMILES string of the molecule is CCCOC(=O)/C=C/C(=O)Nc1ccccc1Cl. The predicted octanol–water partition coefficient (Wildman–Crippen LogP) is 2.79. The third-order valence-electron chi connectivity index (χ3n) is 1.95. The van der Waals surface area contributed by atoms with Crippen molar-refractivity contribution in [2.24, 2.45) is 0 Å². The average Bonchev–Trinajstić information content (AvgIpc) is 2.36. The van der Waals surface area contributed by atoms with E-state index in [1.54, 1.807) is 24.3 Å². The maximum absolute atomic E-state index is 11.5. The molecule has 1 amide bonds. The summed E-state index contributed by atoms with van der Waals surface area (Å²) < 4.78 is 4.78. The number of nitrogens with one attached hydrogen (secondary N) is 1. The van der Waals surface area contributed by atoms with E-state index in [1.807, 2.05) is 6.92 Å². The highest BCUT2D eigenvalue weighted by Gasteiger charge is 2.03. The summed E-state index contributed by atoms with van der Waals surface area (Å²) in [4.78, 5) is 22.6. The van der Waals surface area contributed by atoms with Crippen LogP contribution in [0.1, 0.15) is 13.3 Å². The highest BCUT2D eigenvalue weighted by molar-refractivity contribution is 6.33. The Bertz CT molecular complexity index is 457. The van der Waals surface area contributed by atoms with Crippen LogP contribution in [0.5, 0.6) is 0 Å². The number of rotatable bonds is 5. The molecule has 0 aliphatic heterocycles. The number of amides is 1. The monoisotopic (exact) mass is 267 g/mol. The minimum absolute atomic E-state index is 0.343. The first-order valence-electron chi connectivity index (χ1n) is 5.54. The van der Waals surface area contributed by atoms with Crippen LogP contribution in [0.2, 0.25) is 5.02 Å². The standard InChI is InChI=1S/C13H14ClNO3/c1-2-9-18-13(17)8-7-12(16)15-11-6-4-3-5-10(11)14/h3-8H,2,9H2,1H3,(H,15,16)/b8-7+. The molecule has 0 fully saturated rings. The van der Waals surface area contributed by atoms with Gasteiger partial charge in [-0.3, -0.25) is 4.79 Å². The fourth-order valence-electron chi connectivity index (χ4n) is 1.13. The summed E-state index contributed by atoms with van der Waals surface area (Å²) in [5.41, 5.74) is 0.496. The molecule has 18 heavy (non-hydrogen) atoms. The number of ether oxygens (including phenoxy) is 1. The van der Waals surface area contributed by atoms with E-state index in [0.717, 1.165) is 18.6 Å². The van der Waals surface area contributed by atoms with Crippen molar-refractivity contribution in [3.63, 3.8) is 0 Å². The zero-order valence-corrected chi connectivity index (χ0v) is 10.7. The van der Waals surface area contributed by atoms with Crippen LogP contribution in [0, 0.1) is 0 Å². The molecule has 0 aliphatic rings. The van der Waals surface area contributed by atoms with Gasteiger partial charge >= 0.3 is 5.97 Å². The zero-order chi connectivity index (χ0) is 13.4. The Morgan fingerprint density at radius 2 is 2.06 bits per heavy atom. The van der Waals surface area contributed by atoms with Gasteiger partial charge in [-0.05, 0) is 18.6 Å². The van der Waals surface area contributed by atoms with Gasteiger partial charge in [0, 0.05) is 12.2 Å². The molecule has 0 aliphatic carbocycles. The number of halogens is 1. The summed E-state index contributed by atoms with van der Waals surface area (Å²) in [5, 5.41) is 2.99. The Labute approximate surface area is 111 Å². The van der Waals surface area contributed by atoms with E-state index < -0.39 is 11.9 Å². The molecule has 96 valence electrons. The van der Waals surface area contributed by atoms with Crippen molar-refractivity contribution in [1.29, 1.82) is 0 Å². The molecule has 5 heteroatoms. The second-order valence-electron chi connectivity index (χ2n) is 3.47. The van der Waals surface area contributed by atoms with E-state index >= 15 is 0 Å². The number of anilines is 1. The summed E-state index contributed by atoms with van der Waals surface area (Å²) in [6.07, 6.45) is 2.94. The second kappa shape index (κ2) is 7.50. The lowest BCUT2D eigenvalue weighted by atomic mass is 10.3. The summed E-state index contributed by atoms with van der Waals surface area (Å²) in [5.74, 6) is -0.970. The van der Waals surface area contributed by atoms with Crippen molar-refractivity contribution >= 4 is 29.2 Å². The molecular weight excluding hydrogens is 254 g/mol. The summed E-state index contributed by atoms with van der Waals surface area (Å²) in [7, 11) is 0. The maximum atomic E-state index is 11.5. The minimum atomic E-state index is -0.536. The first-order chi connectivity index (χ1) is 8.63. The van der Waals surface area contributed by atoms with Crippen molar-refractivity contribution in [2.75, 3.05) is 11.9 Å². The molecule has 0 spiro atoms. The molecule has 1 aromatic rings. The topological polar surface area (TPSA) is 55.4 Å². The van der Waals surface area contributed by atoms with Gasteiger partial charge in [-0.1, -0.05) is 30.7 Å². The van der Waals surface area contributed by atoms with Crippen LogP contribution < -0.4 is 5.32 Å². The van der Waals surface area contributed by atoms with Gasteiger partial charge in [0.2, 0.25) is 5.91 Å². The van der Waals surface area contributed by atoms with Crippen LogP contribution in [-0.4, -0.2) is 18.5 Å².